The van der Waals surface area contributed by atoms with Gasteiger partial charge in [0.05, 0.1) is 16.4 Å². The number of sulfonamides is 1. The highest BCUT2D eigenvalue weighted by Crippen LogP contribution is 2.37. The smallest absolute Gasteiger partial charge is 0.247 e. The number of amides is 1. The van der Waals surface area contributed by atoms with E-state index in [1.165, 1.54) is 18.2 Å². The standard InChI is InChI=1S/C17H15Cl2N3O3S/c18-10-5-6-12(19)16(7-10)26(24,25)21-11-8-15-17(23)20-13-3-1-2-4-14(13)22(15)9-11/h1-7,11,15,21H,8-9H2,(H,20,23). The third kappa shape index (κ3) is 3.05. The second-order valence-corrected chi connectivity index (χ2v) is 8.83. The predicted octanol–water partition coefficient (Wildman–Crippen LogP) is 2.87. The van der Waals surface area contributed by atoms with Gasteiger partial charge in [0.1, 0.15) is 10.9 Å². The zero-order valence-corrected chi connectivity index (χ0v) is 15.8. The first-order valence-electron chi connectivity index (χ1n) is 7.99. The van der Waals surface area contributed by atoms with Crippen LogP contribution in [0, 0.1) is 0 Å². The summed E-state index contributed by atoms with van der Waals surface area (Å²) < 4.78 is 28.1. The fourth-order valence-electron chi connectivity index (χ4n) is 3.45. The van der Waals surface area contributed by atoms with Gasteiger partial charge >= 0.3 is 0 Å². The molecule has 0 aliphatic carbocycles. The zero-order valence-electron chi connectivity index (χ0n) is 13.4. The van der Waals surface area contributed by atoms with Crippen LogP contribution in [-0.4, -0.2) is 33.0 Å². The van der Waals surface area contributed by atoms with Crippen molar-refractivity contribution in [2.75, 3.05) is 16.8 Å². The minimum Gasteiger partial charge on any atom is -0.356 e. The molecule has 0 spiro atoms. The fourth-order valence-corrected chi connectivity index (χ4v) is 5.45. The number of para-hydroxylation sites is 2. The van der Waals surface area contributed by atoms with E-state index < -0.39 is 22.1 Å². The van der Waals surface area contributed by atoms with Gasteiger partial charge in [0.2, 0.25) is 15.9 Å². The highest BCUT2D eigenvalue weighted by Gasteiger charge is 2.42. The molecule has 2 atom stereocenters. The summed E-state index contributed by atoms with van der Waals surface area (Å²) in [6.07, 6.45) is 0.373. The van der Waals surface area contributed by atoms with E-state index in [2.05, 4.69) is 10.0 Å². The van der Waals surface area contributed by atoms with Gasteiger partial charge < -0.3 is 10.2 Å². The molecule has 1 amide bonds. The van der Waals surface area contributed by atoms with Crippen LogP contribution in [0.15, 0.2) is 47.4 Å². The Bertz CT molecular complexity index is 996. The molecule has 2 aliphatic rings. The molecular formula is C17H15Cl2N3O3S. The molecule has 136 valence electrons. The van der Waals surface area contributed by atoms with Crippen molar-refractivity contribution in [3.05, 3.63) is 52.5 Å². The Kier molecular flexibility index (Phi) is 4.35. The number of carbonyl (C=O) groups excluding carboxylic acids is 1. The highest BCUT2D eigenvalue weighted by molar-refractivity contribution is 7.89. The van der Waals surface area contributed by atoms with Crippen molar-refractivity contribution >= 4 is 50.5 Å². The number of hydrogen-bond acceptors (Lipinski definition) is 4. The summed E-state index contributed by atoms with van der Waals surface area (Å²) in [5, 5.41) is 3.25. The summed E-state index contributed by atoms with van der Waals surface area (Å²) in [4.78, 5) is 14.2. The van der Waals surface area contributed by atoms with Crippen LogP contribution >= 0.6 is 23.2 Å². The summed E-state index contributed by atoms with van der Waals surface area (Å²) >= 11 is 11.9. The summed E-state index contributed by atoms with van der Waals surface area (Å²) in [5.41, 5.74) is 1.62. The molecule has 26 heavy (non-hydrogen) atoms. The quantitative estimate of drug-likeness (QED) is 0.813. The Morgan fingerprint density at radius 1 is 1.15 bits per heavy atom. The molecule has 0 radical (unpaired) electrons. The third-order valence-corrected chi connectivity index (χ3v) is 6.82. The second kappa shape index (κ2) is 6.42. The summed E-state index contributed by atoms with van der Waals surface area (Å²) in [6.45, 7) is 0.395. The SMILES string of the molecule is O=C1Nc2ccccc2N2CC(NS(=O)(=O)c3cc(Cl)ccc3Cl)CC12. The molecule has 1 fully saturated rings. The molecular weight excluding hydrogens is 397 g/mol. The Labute approximate surface area is 161 Å². The van der Waals surface area contributed by atoms with E-state index in [-0.39, 0.29) is 20.8 Å². The third-order valence-electron chi connectivity index (χ3n) is 4.58. The first-order chi connectivity index (χ1) is 12.3. The Hall–Kier alpha value is -1.80. The van der Waals surface area contributed by atoms with Gasteiger partial charge in [-0.05, 0) is 36.8 Å². The van der Waals surface area contributed by atoms with Crippen molar-refractivity contribution in [1.29, 1.82) is 0 Å². The maximum atomic E-state index is 12.7. The van der Waals surface area contributed by atoms with Gasteiger partial charge in [-0.3, -0.25) is 4.79 Å². The van der Waals surface area contributed by atoms with Crippen LogP contribution < -0.4 is 14.9 Å². The van der Waals surface area contributed by atoms with Crippen molar-refractivity contribution in [2.45, 2.75) is 23.4 Å². The molecule has 4 rings (SSSR count). The van der Waals surface area contributed by atoms with Crippen LogP contribution in [-0.2, 0) is 14.8 Å². The highest BCUT2D eigenvalue weighted by atomic mass is 35.5. The van der Waals surface area contributed by atoms with E-state index in [0.29, 0.717) is 13.0 Å². The normalized spacial score (nSPS) is 21.9. The van der Waals surface area contributed by atoms with Gasteiger partial charge in [0.15, 0.2) is 0 Å². The lowest BCUT2D eigenvalue weighted by Gasteiger charge is -2.32. The van der Waals surface area contributed by atoms with Crippen LogP contribution in [0.5, 0.6) is 0 Å². The molecule has 2 aliphatic heterocycles. The first kappa shape index (κ1) is 17.6. The zero-order chi connectivity index (χ0) is 18.5. The number of anilines is 2. The molecule has 2 unspecified atom stereocenters. The number of carbonyl (C=O) groups is 1. The Balaban J connectivity index is 1.60. The van der Waals surface area contributed by atoms with E-state index in [1.54, 1.807) is 0 Å². The number of nitrogens with one attached hydrogen (secondary N) is 2. The lowest BCUT2D eigenvalue weighted by atomic mass is 10.1. The second-order valence-electron chi connectivity index (χ2n) is 6.30. The minimum absolute atomic E-state index is 0.0682. The summed E-state index contributed by atoms with van der Waals surface area (Å²) in [7, 11) is -3.86. The molecule has 6 nitrogen and oxygen atoms in total. The lowest BCUT2D eigenvalue weighted by Crippen LogP contribution is -2.44. The van der Waals surface area contributed by atoms with Crippen molar-refractivity contribution in [1.82, 2.24) is 4.72 Å². The topological polar surface area (TPSA) is 78.5 Å². The van der Waals surface area contributed by atoms with E-state index in [9.17, 15) is 13.2 Å². The van der Waals surface area contributed by atoms with E-state index in [1.807, 2.05) is 29.2 Å². The predicted molar refractivity (Wildman–Crippen MR) is 101 cm³/mol. The Morgan fingerprint density at radius 3 is 2.73 bits per heavy atom. The molecule has 2 heterocycles. The molecule has 0 aromatic heterocycles. The van der Waals surface area contributed by atoms with Crippen LogP contribution in [0.3, 0.4) is 0 Å². The lowest BCUT2D eigenvalue weighted by molar-refractivity contribution is -0.117. The number of hydrogen-bond donors (Lipinski definition) is 2. The van der Waals surface area contributed by atoms with E-state index in [4.69, 9.17) is 23.2 Å². The summed E-state index contributed by atoms with van der Waals surface area (Å²) in [6, 6.07) is 10.9. The number of benzene rings is 2. The van der Waals surface area contributed by atoms with Gasteiger partial charge in [-0.1, -0.05) is 35.3 Å². The maximum absolute atomic E-state index is 12.7. The van der Waals surface area contributed by atoms with E-state index >= 15 is 0 Å². The largest absolute Gasteiger partial charge is 0.356 e. The fraction of sp³-hybridized carbons (Fsp3) is 0.235. The monoisotopic (exact) mass is 411 g/mol. The maximum Gasteiger partial charge on any atom is 0.247 e. The van der Waals surface area contributed by atoms with Crippen LogP contribution in [0.1, 0.15) is 6.42 Å². The molecule has 2 aromatic carbocycles. The minimum atomic E-state index is -3.86. The molecule has 2 N–H and O–H groups in total. The van der Waals surface area contributed by atoms with Gasteiger partial charge in [-0.25, -0.2) is 13.1 Å². The van der Waals surface area contributed by atoms with Crippen molar-refractivity contribution in [2.24, 2.45) is 0 Å². The number of nitrogens with zero attached hydrogens (tertiary/aromatic N) is 1. The van der Waals surface area contributed by atoms with Gasteiger partial charge in [-0.15, -0.1) is 0 Å². The van der Waals surface area contributed by atoms with E-state index in [0.717, 1.165) is 11.4 Å². The van der Waals surface area contributed by atoms with Crippen LogP contribution in [0.2, 0.25) is 10.0 Å². The number of rotatable bonds is 3. The average Bonchev–Trinajstić information content (AvgIpc) is 3.01. The summed E-state index contributed by atoms with van der Waals surface area (Å²) in [5.74, 6) is -0.133. The molecule has 9 heteroatoms. The molecule has 2 aromatic rings. The number of fused-ring (bicyclic) bond motifs is 3. The van der Waals surface area contributed by atoms with Gasteiger partial charge in [-0.2, -0.15) is 0 Å². The first-order valence-corrected chi connectivity index (χ1v) is 10.2. The molecule has 1 saturated heterocycles. The van der Waals surface area contributed by atoms with Crippen molar-refractivity contribution in [3.63, 3.8) is 0 Å². The van der Waals surface area contributed by atoms with Crippen molar-refractivity contribution in [3.8, 4) is 0 Å². The molecule has 0 bridgehead atoms. The molecule has 0 saturated carbocycles. The number of halogens is 2. The van der Waals surface area contributed by atoms with Gasteiger partial charge in [0.25, 0.3) is 0 Å². The van der Waals surface area contributed by atoms with Crippen LogP contribution in [0.4, 0.5) is 11.4 Å². The Morgan fingerprint density at radius 2 is 1.92 bits per heavy atom. The average molecular weight is 412 g/mol. The van der Waals surface area contributed by atoms with Crippen molar-refractivity contribution < 1.29 is 13.2 Å². The van der Waals surface area contributed by atoms with Gasteiger partial charge in [0, 0.05) is 17.6 Å². The van der Waals surface area contributed by atoms with Crippen LogP contribution in [0.25, 0.3) is 0 Å².